The Balaban J connectivity index is 1.48. The van der Waals surface area contributed by atoms with E-state index in [1.165, 1.54) is 12.1 Å². The van der Waals surface area contributed by atoms with Crippen LogP contribution in [-0.2, 0) is 17.6 Å². The lowest BCUT2D eigenvalue weighted by Gasteiger charge is -2.33. The molecule has 5 heteroatoms. The molecule has 26 heavy (non-hydrogen) atoms. The fraction of sp³-hybridized carbons (Fsp3) is 0.429. The van der Waals surface area contributed by atoms with E-state index in [-0.39, 0.29) is 5.91 Å². The van der Waals surface area contributed by atoms with Gasteiger partial charge in [-0.2, -0.15) is 0 Å². The van der Waals surface area contributed by atoms with E-state index in [0.717, 1.165) is 44.0 Å². The van der Waals surface area contributed by atoms with E-state index in [1.54, 1.807) is 12.4 Å². The summed E-state index contributed by atoms with van der Waals surface area (Å²) in [5.74, 6) is -0.485. The highest BCUT2D eigenvalue weighted by atomic mass is 19.1. The Morgan fingerprint density at radius 3 is 2.88 bits per heavy atom. The quantitative estimate of drug-likeness (QED) is 0.777. The zero-order chi connectivity index (χ0) is 18.4. The summed E-state index contributed by atoms with van der Waals surface area (Å²) in [4.78, 5) is 18.5. The third kappa shape index (κ3) is 5.10. The molecule has 0 spiro atoms. The molecule has 2 aromatic rings. The Kier molecular flexibility index (Phi) is 6.31. The summed E-state index contributed by atoms with van der Waals surface area (Å²) in [6.07, 6.45) is 8.14. The summed E-state index contributed by atoms with van der Waals surface area (Å²) in [6, 6.07) is 7.62. The van der Waals surface area contributed by atoms with Crippen LogP contribution in [-0.4, -0.2) is 28.9 Å². The van der Waals surface area contributed by atoms with Crippen molar-refractivity contribution in [3.63, 3.8) is 0 Å². The minimum absolute atomic E-state index is 0.173. The van der Waals surface area contributed by atoms with Gasteiger partial charge in [-0.3, -0.25) is 9.78 Å². The highest BCUT2D eigenvalue weighted by Gasteiger charge is 2.23. The average molecular weight is 358 g/mol. The zero-order valence-corrected chi connectivity index (χ0v) is 14.8. The van der Waals surface area contributed by atoms with E-state index in [1.807, 2.05) is 17.0 Å². The molecule has 0 radical (unpaired) electrons. The largest absolute Gasteiger partial charge is 0.342 e. The van der Waals surface area contributed by atoms with Gasteiger partial charge in [0, 0.05) is 38.0 Å². The summed E-state index contributed by atoms with van der Waals surface area (Å²) < 4.78 is 26.8. The van der Waals surface area contributed by atoms with Crippen LogP contribution in [0.15, 0.2) is 42.7 Å². The predicted octanol–water partition coefficient (Wildman–Crippen LogP) is 4.16. The van der Waals surface area contributed by atoms with Gasteiger partial charge in [0.2, 0.25) is 5.91 Å². The van der Waals surface area contributed by atoms with Crippen molar-refractivity contribution in [3.05, 3.63) is 65.5 Å². The third-order valence-electron chi connectivity index (χ3n) is 5.06. The summed E-state index contributed by atoms with van der Waals surface area (Å²) in [5, 5.41) is 0. The number of benzene rings is 1. The number of nitrogens with zero attached hydrogens (tertiary/aromatic N) is 2. The first-order chi connectivity index (χ1) is 12.6. The second kappa shape index (κ2) is 8.88. The number of carbonyl (C=O) groups is 1. The van der Waals surface area contributed by atoms with Crippen LogP contribution in [0.2, 0.25) is 0 Å². The van der Waals surface area contributed by atoms with Crippen LogP contribution in [0.25, 0.3) is 0 Å². The molecule has 0 bridgehead atoms. The molecule has 2 heterocycles. The fourth-order valence-corrected chi connectivity index (χ4v) is 3.57. The highest BCUT2D eigenvalue weighted by Crippen LogP contribution is 2.23. The van der Waals surface area contributed by atoms with Crippen LogP contribution in [0.3, 0.4) is 0 Å². The molecule has 1 atom stereocenters. The number of halogens is 2. The van der Waals surface area contributed by atoms with Gasteiger partial charge in [0.15, 0.2) is 0 Å². The Labute approximate surface area is 153 Å². The SMILES string of the molecule is O=C(CCc1cccnc1)N1CCC[C@@H](CCc2ccc(F)cc2F)C1. The molecule has 0 unspecified atom stereocenters. The number of carbonyl (C=O) groups excluding carboxylic acids is 1. The molecule has 1 amide bonds. The number of piperidine rings is 1. The van der Waals surface area contributed by atoms with Crippen molar-refractivity contribution in [2.24, 2.45) is 5.92 Å². The maximum absolute atomic E-state index is 13.8. The van der Waals surface area contributed by atoms with Gasteiger partial charge in [0.25, 0.3) is 0 Å². The number of hydrogen-bond donors (Lipinski definition) is 0. The lowest BCUT2D eigenvalue weighted by atomic mass is 9.91. The van der Waals surface area contributed by atoms with E-state index in [9.17, 15) is 13.6 Å². The van der Waals surface area contributed by atoms with Crippen molar-refractivity contribution < 1.29 is 13.6 Å². The summed E-state index contributed by atoms with van der Waals surface area (Å²) in [7, 11) is 0. The van der Waals surface area contributed by atoms with Crippen molar-refractivity contribution in [2.75, 3.05) is 13.1 Å². The van der Waals surface area contributed by atoms with E-state index < -0.39 is 11.6 Å². The van der Waals surface area contributed by atoms with Crippen molar-refractivity contribution in [2.45, 2.75) is 38.5 Å². The molecule has 1 aromatic carbocycles. The van der Waals surface area contributed by atoms with E-state index in [2.05, 4.69) is 4.98 Å². The standard InChI is InChI=1S/C21H24F2N2O/c22-19-9-8-18(20(23)13-19)7-5-17-4-2-12-25(15-17)21(26)10-6-16-3-1-11-24-14-16/h1,3,8-9,11,13-14,17H,2,4-7,10,12,15H2/t17-/m0/s1. The van der Waals surface area contributed by atoms with Gasteiger partial charge in [0.1, 0.15) is 11.6 Å². The first-order valence-electron chi connectivity index (χ1n) is 9.22. The van der Waals surface area contributed by atoms with Crippen molar-refractivity contribution >= 4 is 5.91 Å². The highest BCUT2D eigenvalue weighted by molar-refractivity contribution is 5.76. The molecule has 3 rings (SSSR count). The van der Waals surface area contributed by atoms with Gasteiger partial charge in [-0.1, -0.05) is 12.1 Å². The molecule has 3 nitrogen and oxygen atoms in total. The molecular weight excluding hydrogens is 334 g/mol. The fourth-order valence-electron chi connectivity index (χ4n) is 3.57. The minimum atomic E-state index is -0.547. The predicted molar refractivity (Wildman–Crippen MR) is 96.5 cm³/mol. The molecule has 1 saturated heterocycles. The Morgan fingerprint density at radius 2 is 2.12 bits per heavy atom. The summed E-state index contributed by atoms with van der Waals surface area (Å²) in [5.41, 5.74) is 1.62. The van der Waals surface area contributed by atoms with E-state index in [4.69, 9.17) is 0 Å². The molecule has 1 aliphatic rings. The van der Waals surface area contributed by atoms with Gasteiger partial charge in [-0.25, -0.2) is 8.78 Å². The molecule has 0 N–H and O–H groups in total. The van der Waals surface area contributed by atoms with Crippen molar-refractivity contribution in [1.82, 2.24) is 9.88 Å². The van der Waals surface area contributed by atoms with Crippen LogP contribution < -0.4 is 0 Å². The number of pyridine rings is 1. The molecule has 138 valence electrons. The monoisotopic (exact) mass is 358 g/mol. The number of likely N-dealkylation sites (tertiary alicyclic amines) is 1. The Hall–Kier alpha value is -2.30. The first kappa shape index (κ1) is 18.5. The number of aryl methyl sites for hydroxylation is 2. The van der Waals surface area contributed by atoms with Crippen LogP contribution in [0.4, 0.5) is 8.78 Å². The van der Waals surface area contributed by atoms with Gasteiger partial charge >= 0.3 is 0 Å². The lowest BCUT2D eigenvalue weighted by molar-refractivity contribution is -0.133. The molecule has 1 fully saturated rings. The van der Waals surface area contributed by atoms with Gasteiger partial charge in [0.05, 0.1) is 0 Å². The normalized spacial score (nSPS) is 17.3. The van der Waals surface area contributed by atoms with Crippen molar-refractivity contribution in [3.8, 4) is 0 Å². The van der Waals surface area contributed by atoms with Crippen molar-refractivity contribution in [1.29, 1.82) is 0 Å². The number of amides is 1. The second-order valence-electron chi connectivity index (χ2n) is 6.98. The maximum Gasteiger partial charge on any atom is 0.222 e. The Bertz CT molecular complexity index is 736. The average Bonchev–Trinajstić information content (AvgIpc) is 2.66. The third-order valence-corrected chi connectivity index (χ3v) is 5.06. The van der Waals surface area contributed by atoms with Gasteiger partial charge in [-0.15, -0.1) is 0 Å². The molecular formula is C21H24F2N2O. The number of aromatic nitrogens is 1. The second-order valence-corrected chi connectivity index (χ2v) is 6.98. The van der Waals surface area contributed by atoms with Crippen LogP contribution in [0.5, 0.6) is 0 Å². The molecule has 0 aliphatic carbocycles. The summed E-state index contributed by atoms with van der Waals surface area (Å²) in [6.45, 7) is 1.53. The number of hydrogen-bond acceptors (Lipinski definition) is 2. The van der Waals surface area contributed by atoms with Crippen LogP contribution in [0.1, 0.15) is 36.8 Å². The summed E-state index contributed by atoms with van der Waals surface area (Å²) >= 11 is 0. The first-order valence-corrected chi connectivity index (χ1v) is 9.22. The molecule has 0 saturated carbocycles. The van der Waals surface area contributed by atoms with E-state index >= 15 is 0 Å². The zero-order valence-electron chi connectivity index (χ0n) is 14.8. The Morgan fingerprint density at radius 1 is 1.23 bits per heavy atom. The smallest absolute Gasteiger partial charge is 0.222 e. The van der Waals surface area contributed by atoms with Gasteiger partial charge < -0.3 is 4.90 Å². The molecule has 1 aliphatic heterocycles. The van der Waals surface area contributed by atoms with Crippen LogP contribution in [0, 0.1) is 17.6 Å². The minimum Gasteiger partial charge on any atom is -0.342 e. The maximum atomic E-state index is 13.8. The lowest BCUT2D eigenvalue weighted by Crippen LogP contribution is -2.40. The number of rotatable bonds is 6. The topological polar surface area (TPSA) is 33.2 Å². The van der Waals surface area contributed by atoms with Crippen LogP contribution >= 0.6 is 0 Å². The van der Waals surface area contributed by atoms with Gasteiger partial charge in [-0.05, 0) is 61.3 Å². The molecule has 1 aromatic heterocycles. The van der Waals surface area contributed by atoms with E-state index in [0.29, 0.717) is 30.7 Å².